The fourth-order valence-corrected chi connectivity index (χ4v) is 1.63. The van der Waals surface area contributed by atoms with Gasteiger partial charge in [-0.2, -0.15) is 0 Å². The monoisotopic (exact) mass is 246 g/mol. The quantitative estimate of drug-likeness (QED) is 0.624. The zero-order valence-corrected chi connectivity index (χ0v) is 10.2. The summed E-state index contributed by atoms with van der Waals surface area (Å²) in [5, 5.41) is 3.75. The van der Waals surface area contributed by atoms with Crippen molar-refractivity contribution in [2.45, 2.75) is 13.0 Å². The molecule has 0 saturated carbocycles. The number of fused-ring (bicyclic) bond motifs is 1. The van der Waals surface area contributed by atoms with E-state index in [1.807, 2.05) is 0 Å². The van der Waals surface area contributed by atoms with Crippen LogP contribution in [-0.4, -0.2) is 29.1 Å². The summed E-state index contributed by atoms with van der Waals surface area (Å²) < 4.78 is 4.65. The van der Waals surface area contributed by atoms with E-state index in [0.29, 0.717) is 11.5 Å². The maximum absolute atomic E-state index is 11.4. The highest BCUT2D eigenvalue weighted by atomic mass is 16.5. The fraction of sp³-hybridized carbons (Fsp3) is 0.250. The Kier molecular flexibility index (Phi) is 3.27. The molecule has 0 aliphatic carbocycles. The molecule has 2 rings (SSSR count). The number of carbonyl (C=O) groups is 1. The van der Waals surface area contributed by atoms with Crippen LogP contribution >= 0.6 is 0 Å². The predicted molar refractivity (Wildman–Crippen MR) is 69.1 cm³/mol. The number of nitrogen functional groups attached to an aromatic ring is 1. The van der Waals surface area contributed by atoms with E-state index in [4.69, 9.17) is 5.73 Å². The van der Waals surface area contributed by atoms with Gasteiger partial charge in [0, 0.05) is 11.1 Å². The number of esters is 1. The first kappa shape index (κ1) is 12.1. The Morgan fingerprint density at radius 2 is 2.22 bits per heavy atom. The molecular weight excluding hydrogens is 232 g/mol. The summed E-state index contributed by atoms with van der Waals surface area (Å²) in [5.74, 6) is 0.205. The molecule has 1 aromatic carbocycles. The zero-order chi connectivity index (χ0) is 13.1. The summed E-state index contributed by atoms with van der Waals surface area (Å²) in [6.07, 6.45) is 1.44. The summed E-state index contributed by atoms with van der Waals surface area (Å²) in [6, 6.07) is 4.85. The van der Waals surface area contributed by atoms with Crippen LogP contribution in [0, 0.1) is 0 Å². The van der Waals surface area contributed by atoms with E-state index in [1.54, 1.807) is 25.1 Å². The van der Waals surface area contributed by atoms with E-state index in [9.17, 15) is 4.79 Å². The number of methoxy groups -OCH3 is 1. The van der Waals surface area contributed by atoms with Crippen molar-refractivity contribution in [3.63, 3.8) is 0 Å². The van der Waals surface area contributed by atoms with Crippen molar-refractivity contribution in [1.29, 1.82) is 0 Å². The first-order chi connectivity index (χ1) is 8.61. The van der Waals surface area contributed by atoms with Crippen LogP contribution in [-0.2, 0) is 9.53 Å². The van der Waals surface area contributed by atoms with E-state index in [2.05, 4.69) is 20.0 Å². The number of ether oxygens (including phenoxy) is 1. The van der Waals surface area contributed by atoms with Gasteiger partial charge in [-0.1, -0.05) is 0 Å². The molecule has 0 spiro atoms. The van der Waals surface area contributed by atoms with Crippen LogP contribution in [0.3, 0.4) is 0 Å². The van der Waals surface area contributed by atoms with Crippen LogP contribution < -0.4 is 11.1 Å². The van der Waals surface area contributed by atoms with Gasteiger partial charge in [-0.15, -0.1) is 0 Å². The standard InChI is InChI=1S/C12H14N4O2/c1-7(12(17)18-2)16-11-9-5-8(13)3-4-10(9)14-6-15-11/h3-7H,13H2,1-2H3,(H,14,15,16). The van der Waals surface area contributed by atoms with Crippen LogP contribution in [0.2, 0.25) is 0 Å². The van der Waals surface area contributed by atoms with Gasteiger partial charge < -0.3 is 15.8 Å². The minimum Gasteiger partial charge on any atom is -0.467 e. The average Bonchev–Trinajstić information content (AvgIpc) is 2.38. The van der Waals surface area contributed by atoms with Crippen molar-refractivity contribution in [2.75, 3.05) is 18.2 Å². The van der Waals surface area contributed by atoms with Gasteiger partial charge in [0.2, 0.25) is 0 Å². The van der Waals surface area contributed by atoms with Gasteiger partial charge in [-0.25, -0.2) is 14.8 Å². The second-order valence-corrected chi connectivity index (χ2v) is 3.89. The van der Waals surface area contributed by atoms with Gasteiger partial charge in [0.05, 0.1) is 12.6 Å². The molecule has 0 aliphatic heterocycles. The van der Waals surface area contributed by atoms with E-state index in [-0.39, 0.29) is 5.97 Å². The molecule has 0 fully saturated rings. The summed E-state index contributed by atoms with van der Waals surface area (Å²) in [7, 11) is 1.34. The van der Waals surface area contributed by atoms with Crippen molar-refractivity contribution in [1.82, 2.24) is 9.97 Å². The van der Waals surface area contributed by atoms with E-state index >= 15 is 0 Å². The number of nitrogens with zero attached hydrogens (tertiary/aromatic N) is 2. The Labute approximate surface area is 104 Å². The Bertz CT molecular complexity index is 585. The number of rotatable bonds is 3. The lowest BCUT2D eigenvalue weighted by Crippen LogP contribution is -2.27. The van der Waals surface area contributed by atoms with Crippen LogP contribution in [0.15, 0.2) is 24.5 Å². The van der Waals surface area contributed by atoms with Crippen molar-refractivity contribution >= 4 is 28.4 Å². The zero-order valence-electron chi connectivity index (χ0n) is 10.2. The van der Waals surface area contributed by atoms with Crippen LogP contribution in [0.1, 0.15) is 6.92 Å². The van der Waals surface area contributed by atoms with Crippen LogP contribution in [0.5, 0.6) is 0 Å². The third-order valence-electron chi connectivity index (χ3n) is 2.57. The van der Waals surface area contributed by atoms with Gasteiger partial charge in [0.15, 0.2) is 0 Å². The molecule has 0 saturated heterocycles. The average molecular weight is 246 g/mol. The third-order valence-corrected chi connectivity index (χ3v) is 2.57. The number of hydrogen-bond acceptors (Lipinski definition) is 6. The summed E-state index contributed by atoms with van der Waals surface area (Å²) in [5.41, 5.74) is 7.11. The lowest BCUT2D eigenvalue weighted by atomic mass is 10.2. The molecule has 1 unspecified atom stereocenters. The molecule has 0 amide bonds. The maximum atomic E-state index is 11.4. The van der Waals surface area contributed by atoms with Gasteiger partial charge in [0.1, 0.15) is 18.2 Å². The Balaban J connectivity index is 2.38. The van der Waals surface area contributed by atoms with E-state index < -0.39 is 6.04 Å². The smallest absolute Gasteiger partial charge is 0.328 e. The molecular formula is C12H14N4O2. The Morgan fingerprint density at radius 1 is 1.44 bits per heavy atom. The molecule has 18 heavy (non-hydrogen) atoms. The van der Waals surface area contributed by atoms with Crippen molar-refractivity contribution in [3.8, 4) is 0 Å². The molecule has 3 N–H and O–H groups in total. The number of aromatic nitrogens is 2. The van der Waals surface area contributed by atoms with Crippen molar-refractivity contribution in [3.05, 3.63) is 24.5 Å². The van der Waals surface area contributed by atoms with Crippen molar-refractivity contribution < 1.29 is 9.53 Å². The molecule has 2 aromatic rings. The highest BCUT2D eigenvalue weighted by Gasteiger charge is 2.14. The molecule has 6 heteroatoms. The second kappa shape index (κ2) is 4.87. The summed E-state index contributed by atoms with van der Waals surface area (Å²) in [6.45, 7) is 1.70. The van der Waals surface area contributed by atoms with E-state index in [0.717, 1.165) is 10.9 Å². The first-order valence-corrected chi connectivity index (χ1v) is 5.46. The van der Waals surface area contributed by atoms with Gasteiger partial charge >= 0.3 is 5.97 Å². The molecule has 0 aliphatic rings. The summed E-state index contributed by atoms with van der Waals surface area (Å²) >= 11 is 0. The molecule has 1 atom stereocenters. The number of carbonyl (C=O) groups excluding carboxylic acids is 1. The first-order valence-electron chi connectivity index (χ1n) is 5.46. The molecule has 0 bridgehead atoms. The third kappa shape index (κ3) is 2.32. The fourth-order valence-electron chi connectivity index (χ4n) is 1.63. The number of hydrogen-bond donors (Lipinski definition) is 2. The molecule has 1 aromatic heterocycles. The lowest BCUT2D eigenvalue weighted by molar-refractivity contribution is -0.141. The minimum absolute atomic E-state index is 0.356. The Morgan fingerprint density at radius 3 is 2.94 bits per heavy atom. The van der Waals surface area contributed by atoms with Gasteiger partial charge in [-0.05, 0) is 25.1 Å². The molecule has 0 radical (unpaired) electrons. The lowest BCUT2D eigenvalue weighted by Gasteiger charge is -2.13. The second-order valence-electron chi connectivity index (χ2n) is 3.89. The number of benzene rings is 1. The SMILES string of the molecule is COC(=O)C(C)Nc1ncnc2ccc(N)cc12. The minimum atomic E-state index is -0.491. The van der Waals surface area contributed by atoms with Crippen molar-refractivity contribution in [2.24, 2.45) is 0 Å². The Hall–Kier alpha value is -2.37. The normalized spacial score (nSPS) is 12.1. The highest BCUT2D eigenvalue weighted by molar-refractivity contribution is 5.92. The molecule has 94 valence electrons. The van der Waals surface area contributed by atoms with Crippen LogP contribution in [0.4, 0.5) is 11.5 Å². The highest BCUT2D eigenvalue weighted by Crippen LogP contribution is 2.22. The number of nitrogens with two attached hydrogens (primary N) is 1. The molecule has 1 heterocycles. The largest absolute Gasteiger partial charge is 0.467 e. The van der Waals surface area contributed by atoms with Crippen LogP contribution in [0.25, 0.3) is 10.9 Å². The number of nitrogens with one attached hydrogen (secondary N) is 1. The van der Waals surface area contributed by atoms with Gasteiger partial charge in [0.25, 0.3) is 0 Å². The summed E-state index contributed by atoms with van der Waals surface area (Å²) in [4.78, 5) is 19.6. The topological polar surface area (TPSA) is 90.1 Å². The van der Waals surface area contributed by atoms with E-state index in [1.165, 1.54) is 13.4 Å². The van der Waals surface area contributed by atoms with Gasteiger partial charge in [-0.3, -0.25) is 0 Å². The maximum Gasteiger partial charge on any atom is 0.328 e. The predicted octanol–water partition coefficient (Wildman–Crippen LogP) is 1.19. The molecule has 6 nitrogen and oxygen atoms in total. The number of anilines is 2.